The van der Waals surface area contributed by atoms with E-state index in [1.807, 2.05) is 0 Å². The van der Waals surface area contributed by atoms with Crippen molar-refractivity contribution in [2.24, 2.45) is 0 Å². The molecule has 0 aromatic carbocycles. The standard InChI is InChI=1S/C9H18O5/c1-4(2)13-9-8(12)7(11)6(10)5(3)14-9/h4-12H,1-3H3/t5-,6-,7+,8+,9?/m1/s1. The molecule has 5 atom stereocenters. The molecule has 1 aliphatic heterocycles. The van der Waals surface area contributed by atoms with E-state index in [0.717, 1.165) is 0 Å². The number of ether oxygens (including phenoxy) is 2. The van der Waals surface area contributed by atoms with Crippen molar-refractivity contribution in [3.05, 3.63) is 0 Å². The first-order valence-corrected chi connectivity index (χ1v) is 4.78. The Balaban J connectivity index is 2.60. The highest BCUT2D eigenvalue weighted by Crippen LogP contribution is 2.22. The minimum absolute atomic E-state index is 0.107. The molecule has 0 aromatic heterocycles. The monoisotopic (exact) mass is 206 g/mol. The predicted molar refractivity (Wildman–Crippen MR) is 48.6 cm³/mol. The van der Waals surface area contributed by atoms with Gasteiger partial charge < -0.3 is 24.8 Å². The van der Waals surface area contributed by atoms with Gasteiger partial charge in [-0.25, -0.2) is 0 Å². The van der Waals surface area contributed by atoms with Gasteiger partial charge in [0.25, 0.3) is 0 Å². The van der Waals surface area contributed by atoms with Crippen molar-refractivity contribution in [3.63, 3.8) is 0 Å². The van der Waals surface area contributed by atoms with Crippen LogP contribution in [0.5, 0.6) is 0 Å². The lowest BCUT2D eigenvalue weighted by molar-refractivity contribution is -0.301. The SMILES string of the molecule is CC(C)OC1O[C@H](C)[C@@H](O)[C@H](O)[C@@H]1O. The maximum absolute atomic E-state index is 9.51. The van der Waals surface area contributed by atoms with Crippen molar-refractivity contribution < 1.29 is 24.8 Å². The molecule has 0 saturated carbocycles. The molecule has 0 aliphatic carbocycles. The van der Waals surface area contributed by atoms with Crippen molar-refractivity contribution in [3.8, 4) is 0 Å². The van der Waals surface area contributed by atoms with Crippen molar-refractivity contribution >= 4 is 0 Å². The highest BCUT2D eigenvalue weighted by molar-refractivity contribution is 4.87. The molecule has 84 valence electrons. The molecule has 0 bridgehead atoms. The zero-order valence-electron chi connectivity index (χ0n) is 8.62. The number of aliphatic hydroxyl groups excluding tert-OH is 3. The fraction of sp³-hybridized carbons (Fsp3) is 1.00. The Morgan fingerprint density at radius 1 is 1.07 bits per heavy atom. The number of rotatable bonds is 2. The van der Waals surface area contributed by atoms with Gasteiger partial charge in [0.15, 0.2) is 6.29 Å². The van der Waals surface area contributed by atoms with Gasteiger partial charge in [-0.05, 0) is 20.8 Å². The van der Waals surface area contributed by atoms with Gasteiger partial charge in [0, 0.05) is 0 Å². The fourth-order valence-corrected chi connectivity index (χ4v) is 1.39. The zero-order valence-corrected chi connectivity index (χ0v) is 8.62. The number of aliphatic hydroxyl groups is 3. The first kappa shape index (κ1) is 11.9. The Morgan fingerprint density at radius 3 is 2.14 bits per heavy atom. The van der Waals surface area contributed by atoms with Crippen LogP contribution < -0.4 is 0 Å². The molecule has 1 rings (SSSR count). The molecule has 1 saturated heterocycles. The minimum atomic E-state index is -1.22. The number of hydrogen-bond acceptors (Lipinski definition) is 5. The predicted octanol–water partition coefficient (Wildman–Crippen LogP) is -0.761. The van der Waals surface area contributed by atoms with E-state index in [9.17, 15) is 15.3 Å². The second-order valence-corrected chi connectivity index (χ2v) is 3.87. The molecular formula is C9H18O5. The van der Waals surface area contributed by atoms with Crippen LogP contribution in [-0.2, 0) is 9.47 Å². The van der Waals surface area contributed by atoms with Crippen LogP contribution in [-0.4, -0.2) is 52.1 Å². The molecule has 1 unspecified atom stereocenters. The third-order valence-corrected chi connectivity index (χ3v) is 2.21. The van der Waals surface area contributed by atoms with E-state index >= 15 is 0 Å². The Kier molecular flexibility index (Phi) is 3.86. The average molecular weight is 206 g/mol. The normalized spacial score (nSPS) is 44.4. The van der Waals surface area contributed by atoms with Gasteiger partial charge in [-0.3, -0.25) is 0 Å². The molecule has 5 heteroatoms. The molecule has 0 aromatic rings. The Hall–Kier alpha value is -0.200. The molecule has 0 amide bonds. The van der Waals surface area contributed by atoms with Crippen LogP contribution in [0, 0.1) is 0 Å². The smallest absolute Gasteiger partial charge is 0.186 e. The zero-order chi connectivity index (χ0) is 10.9. The molecule has 3 N–H and O–H groups in total. The third kappa shape index (κ3) is 2.43. The van der Waals surface area contributed by atoms with Gasteiger partial charge in [-0.1, -0.05) is 0 Å². The summed E-state index contributed by atoms with van der Waals surface area (Å²) in [5.41, 5.74) is 0. The van der Waals surface area contributed by atoms with Gasteiger partial charge in [0.05, 0.1) is 12.2 Å². The summed E-state index contributed by atoms with van der Waals surface area (Å²) < 4.78 is 10.5. The topological polar surface area (TPSA) is 79.2 Å². The molecule has 5 nitrogen and oxygen atoms in total. The molecular weight excluding hydrogens is 188 g/mol. The lowest BCUT2D eigenvalue weighted by Gasteiger charge is -2.39. The Labute approximate surface area is 83.3 Å². The van der Waals surface area contributed by atoms with Crippen molar-refractivity contribution in [1.29, 1.82) is 0 Å². The van der Waals surface area contributed by atoms with Crippen LogP contribution in [0.4, 0.5) is 0 Å². The molecule has 0 spiro atoms. The average Bonchev–Trinajstić information content (AvgIpc) is 2.10. The van der Waals surface area contributed by atoms with Crippen molar-refractivity contribution in [2.75, 3.05) is 0 Å². The van der Waals surface area contributed by atoms with Crippen LogP contribution in [0.3, 0.4) is 0 Å². The molecule has 1 heterocycles. The highest BCUT2D eigenvalue weighted by Gasteiger charge is 2.42. The van der Waals surface area contributed by atoms with Crippen LogP contribution in [0.15, 0.2) is 0 Å². The second-order valence-electron chi connectivity index (χ2n) is 3.87. The number of hydrogen-bond donors (Lipinski definition) is 3. The highest BCUT2D eigenvalue weighted by atomic mass is 16.7. The van der Waals surface area contributed by atoms with Crippen LogP contribution >= 0.6 is 0 Å². The second kappa shape index (κ2) is 4.55. The van der Waals surface area contributed by atoms with E-state index in [4.69, 9.17) is 9.47 Å². The van der Waals surface area contributed by atoms with Crippen molar-refractivity contribution in [1.82, 2.24) is 0 Å². The summed E-state index contributed by atoms with van der Waals surface area (Å²) in [5, 5.41) is 28.3. The van der Waals surface area contributed by atoms with Gasteiger partial charge in [0.1, 0.15) is 18.3 Å². The van der Waals surface area contributed by atoms with Gasteiger partial charge in [-0.15, -0.1) is 0 Å². The molecule has 14 heavy (non-hydrogen) atoms. The summed E-state index contributed by atoms with van der Waals surface area (Å²) in [6, 6.07) is 0. The lowest BCUT2D eigenvalue weighted by atomic mass is 10.00. The van der Waals surface area contributed by atoms with E-state index in [1.54, 1.807) is 20.8 Å². The molecule has 1 fully saturated rings. The molecule has 0 radical (unpaired) electrons. The first-order valence-electron chi connectivity index (χ1n) is 4.78. The van der Waals surface area contributed by atoms with Gasteiger partial charge >= 0.3 is 0 Å². The Bertz CT molecular complexity index is 184. The van der Waals surface area contributed by atoms with Gasteiger partial charge in [0.2, 0.25) is 0 Å². The summed E-state index contributed by atoms with van der Waals surface area (Å²) in [6.07, 6.45) is -5.02. The van der Waals surface area contributed by atoms with E-state index < -0.39 is 30.7 Å². The summed E-state index contributed by atoms with van der Waals surface area (Å²) >= 11 is 0. The van der Waals surface area contributed by atoms with Crippen LogP contribution in [0.1, 0.15) is 20.8 Å². The minimum Gasteiger partial charge on any atom is -0.388 e. The van der Waals surface area contributed by atoms with Crippen LogP contribution in [0.25, 0.3) is 0 Å². The third-order valence-electron chi connectivity index (χ3n) is 2.21. The van der Waals surface area contributed by atoms with Gasteiger partial charge in [-0.2, -0.15) is 0 Å². The molecule has 1 aliphatic rings. The summed E-state index contributed by atoms with van der Waals surface area (Å²) in [6.45, 7) is 5.23. The summed E-state index contributed by atoms with van der Waals surface area (Å²) in [5.74, 6) is 0. The van der Waals surface area contributed by atoms with E-state index in [1.165, 1.54) is 0 Å². The van der Waals surface area contributed by atoms with E-state index in [0.29, 0.717) is 0 Å². The summed E-state index contributed by atoms with van der Waals surface area (Å²) in [4.78, 5) is 0. The van der Waals surface area contributed by atoms with Crippen LogP contribution in [0.2, 0.25) is 0 Å². The largest absolute Gasteiger partial charge is 0.388 e. The summed E-state index contributed by atoms with van der Waals surface area (Å²) in [7, 11) is 0. The van der Waals surface area contributed by atoms with E-state index in [-0.39, 0.29) is 6.10 Å². The Morgan fingerprint density at radius 2 is 1.64 bits per heavy atom. The maximum atomic E-state index is 9.51. The fourth-order valence-electron chi connectivity index (χ4n) is 1.39. The maximum Gasteiger partial charge on any atom is 0.186 e. The first-order chi connectivity index (χ1) is 6.43. The lowest BCUT2D eigenvalue weighted by Crippen LogP contribution is -2.57. The quantitative estimate of drug-likeness (QED) is 0.553. The van der Waals surface area contributed by atoms with E-state index in [2.05, 4.69) is 0 Å². The van der Waals surface area contributed by atoms with Crippen molar-refractivity contribution in [2.45, 2.75) is 57.6 Å².